The maximum Gasteiger partial charge on any atom is 0.289 e. The number of pyridine rings is 1. The van der Waals surface area contributed by atoms with E-state index in [1.807, 2.05) is 30.3 Å². The summed E-state index contributed by atoms with van der Waals surface area (Å²) in [5.74, 6) is -0.394. The zero-order valence-electron chi connectivity index (χ0n) is 13.0. The molecule has 0 saturated carbocycles. The minimum atomic E-state index is -0.394. The average molecular weight is 370 g/mol. The van der Waals surface area contributed by atoms with Crippen molar-refractivity contribution in [1.29, 1.82) is 0 Å². The molecule has 25 heavy (non-hydrogen) atoms. The minimum absolute atomic E-state index is 0.285. The number of rotatable bonds is 4. The van der Waals surface area contributed by atoms with Crippen molar-refractivity contribution in [3.8, 4) is 0 Å². The predicted octanol–water partition coefficient (Wildman–Crippen LogP) is 4.57. The second kappa shape index (κ2) is 7.92. The topological polar surface area (TPSA) is 54.4 Å². The summed E-state index contributed by atoms with van der Waals surface area (Å²) in [7, 11) is 0. The van der Waals surface area contributed by atoms with E-state index >= 15 is 0 Å². The summed E-state index contributed by atoms with van der Waals surface area (Å²) in [5.41, 5.74) is 4.97. The number of halogens is 2. The second-order valence-electron chi connectivity index (χ2n) is 5.11. The van der Waals surface area contributed by atoms with E-state index in [-0.39, 0.29) is 5.69 Å². The van der Waals surface area contributed by atoms with Crippen LogP contribution in [0.2, 0.25) is 10.0 Å². The maximum atomic E-state index is 12.2. The third-order valence-corrected chi connectivity index (χ3v) is 4.15. The maximum absolute atomic E-state index is 12.2. The normalized spacial score (nSPS) is 11.2. The number of nitrogens with zero attached hydrogens (tertiary/aromatic N) is 2. The summed E-state index contributed by atoms with van der Waals surface area (Å²) >= 11 is 12.1. The number of hydrazone groups is 1. The van der Waals surface area contributed by atoms with Crippen LogP contribution in [0.4, 0.5) is 0 Å². The van der Waals surface area contributed by atoms with Crippen LogP contribution in [-0.4, -0.2) is 16.6 Å². The van der Waals surface area contributed by atoms with Crippen molar-refractivity contribution in [1.82, 2.24) is 10.4 Å². The Hall–Kier alpha value is -2.69. The molecule has 0 bridgehead atoms. The third-order valence-electron chi connectivity index (χ3n) is 3.41. The fraction of sp³-hybridized carbons (Fsp3) is 0. The van der Waals surface area contributed by atoms with Crippen LogP contribution in [0.1, 0.15) is 21.6 Å². The van der Waals surface area contributed by atoms with Crippen molar-refractivity contribution in [3.05, 3.63) is 99.8 Å². The summed E-state index contributed by atoms with van der Waals surface area (Å²) in [4.78, 5) is 16.2. The predicted molar refractivity (Wildman–Crippen MR) is 100 cm³/mol. The van der Waals surface area contributed by atoms with Crippen molar-refractivity contribution in [2.24, 2.45) is 5.10 Å². The summed E-state index contributed by atoms with van der Waals surface area (Å²) in [6.45, 7) is 0. The Bertz CT molecular complexity index is 912. The number of aromatic nitrogens is 1. The lowest BCUT2D eigenvalue weighted by molar-refractivity contribution is 0.0950. The first-order valence-electron chi connectivity index (χ1n) is 7.45. The highest BCUT2D eigenvalue weighted by Gasteiger charge is 2.11. The van der Waals surface area contributed by atoms with Gasteiger partial charge in [0, 0.05) is 17.3 Å². The Morgan fingerprint density at radius 2 is 1.64 bits per heavy atom. The van der Waals surface area contributed by atoms with E-state index in [1.165, 1.54) is 0 Å². The molecule has 0 fully saturated rings. The molecule has 2 aromatic carbocycles. The molecule has 124 valence electrons. The van der Waals surface area contributed by atoms with Gasteiger partial charge in [0.15, 0.2) is 0 Å². The van der Waals surface area contributed by atoms with Gasteiger partial charge in [-0.2, -0.15) is 5.10 Å². The van der Waals surface area contributed by atoms with Crippen LogP contribution in [0.5, 0.6) is 0 Å². The second-order valence-corrected chi connectivity index (χ2v) is 5.93. The Labute approximate surface area is 155 Å². The van der Waals surface area contributed by atoms with Gasteiger partial charge in [0.2, 0.25) is 0 Å². The van der Waals surface area contributed by atoms with Crippen LogP contribution in [0.3, 0.4) is 0 Å². The zero-order valence-corrected chi connectivity index (χ0v) is 14.5. The first-order valence-corrected chi connectivity index (χ1v) is 8.20. The lowest BCUT2D eigenvalue weighted by Crippen LogP contribution is -2.21. The standard InChI is InChI=1S/C19H13Cl2N3O/c20-15-10-9-14(12-16(15)21)18(13-6-2-1-3-7-13)23-24-19(25)17-8-4-5-11-22-17/h1-12H,(H,24,25)/b23-18+. The van der Waals surface area contributed by atoms with E-state index in [9.17, 15) is 4.79 Å². The number of carbonyl (C=O) groups is 1. The van der Waals surface area contributed by atoms with E-state index < -0.39 is 5.91 Å². The Morgan fingerprint density at radius 3 is 2.32 bits per heavy atom. The lowest BCUT2D eigenvalue weighted by atomic mass is 10.0. The molecular formula is C19H13Cl2N3O. The highest BCUT2D eigenvalue weighted by Crippen LogP contribution is 2.24. The van der Waals surface area contributed by atoms with Crippen LogP contribution < -0.4 is 5.43 Å². The molecule has 4 nitrogen and oxygen atoms in total. The van der Waals surface area contributed by atoms with Crippen molar-refractivity contribution in [2.45, 2.75) is 0 Å². The van der Waals surface area contributed by atoms with Gasteiger partial charge in [0.25, 0.3) is 5.91 Å². The Morgan fingerprint density at radius 1 is 0.880 bits per heavy atom. The van der Waals surface area contributed by atoms with E-state index in [1.54, 1.807) is 42.6 Å². The van der Waals surface area contributed by atoms with Gasteiger partial charge in [-0.25, -0.2) is 5.43 Å². The van der Waals surface area contributed by atoms with Gasteiger partial charge in [-0.15, -0.1) is 0 Å². The van der Waals surface area contributed by atoms with Crippen LogP contribution >= 0.6 is 23.2 Å². The van der Waals surface area contributed by atoms with Gasteiger partial charge in [0.1, 0.15) is 5.69 Å². The molecule has 3 rings (SSSR count). The van der Waals surface area contributed by atoms with Crippen LogP contribution in [-0.2, 0) is 0 Å². The Kier molecular flexibility index (Phi) is 5.43. The highest BCUT2D eigenvalue weighted by atomic mass is 35.5. The Balaban J connectivity index is 1.96. The number of nitrogens with one attached hydrogen (secondary N) is 1. The summed E-state index contributed by atoms with van der Waals surface area (Å²) in [6, 6.07) is 19.8. The summed E-state index contributed by atoms with van der Waals surface area (Å²) < 4.78 is 0. The summed E-state index contributed by atoms with van der Waals surface area (Å²) in [6.07, 6.45) is 1.55. The molecule has 1 amide bonds. The molecule has 1 N–H and O–H groups in total. The molecule has 0 aliphatic heterocycles. The quantitative estimate of drug-likeness (QED) is 0.540. The number of carbonyl (C=O) groups excluding carboxylic acids is 1. The number of hydrogen-bond acceptors (Lipinski definition) is 3. The third kappa shape index (κ3) is 4.24. The van der Waals surface area contributed by atoms with Gasteiger partial charge in [-0.05, 0) is 24.3 Å². The molecule has 1 heterocycles. The number of amides is 1. The van der Waals surface area contributed by atoms with E-state index in [4.69, 9.17) is 23.2 Å². The van der Waals surface area contributed by atoms with E-state index in [0.717, 1.165) is 11.1 Å². The SMILES string of the molecule is O=C(N/N=C(\c1ccccc1)c1ccc(Cl)c(Cl)c1)c1ccccn1. The lowest BCUT2D eigenvalue weighted by Gasteiger charge is -2.09. The van der Waals surface area contributed by atoms with Crippen molar-refractivity contribution >= 4 is 34.8 Å². The molecule has 1 aromatic heterocycles. The average Bonchev–Trinajstić information content (AvgIpc) is 2.66. The molecule has 0 saturated heterocycles. The van der Waals surface area contributed by atoms with Gasteiger partial charge in [0.05, 0.1) is 15.8 Å². The fourth-order valence-electron chi connectivity index (χ4n) is 2.20. The van der Waals surface area contributed by atoms with Crippen molar-refractivity contribution in [3.63, 3.8) is 0 Å². The molecule has 0 spiro atoms. The molecule has 0 aliphatic rings. The van der Waals surface area contributed by atoms with Gasteiger partial charge >= 0.3 is 0 Å². The fourth-order valence-corrected chi connectivity index (χ4v) is 2.49. The first-order chi connectivity index (χ1) is 12.1. The summed E-state index contributed by atoms with van der Waals surface area (Å²) in [5, 5.41) is 5.16. The first kappa shape index (κ1) is 17.1. The monoisotopic (exact) mass is 369 g/mol. The molecule has 0 aliphatic carbocycles. The van der Waals surface area contributed by atoms with Crippen molar-refractivity contribution in [2.75, 3.05) is 0 Å². The van der Waals surface area contributed by atoms with E-state index in [0.29, 0.717) is 15.8 Å². The van der Waals surface area contributed by atoms with Crippen LogP contribution in [0, 0.1) is 0 Å². The van der Waals surface area contributed by atoms with E-state index in [2.05, 4.69) is 15.5 Å². The van der Waals surface area contributed by atoms with Gasteiger partial charge in [-0.3, -0.25) is 9.78 Å². The largest absolute Gasteiger partial charge is 0.289 e. The van der Waals surface area contributed by atoms with Crippen LogP contribution in [0.15, 0.2) is 78.0 Å². The number of benzene rings is 2. The van der Waals surface area contributed by atoms with Gasteiger partial charge < -0.3 is 0 Å². The molecule has 0 unspecified atom stereocenters. The molecular weight excluding hydrogens is 357 g/mol. The van der Waals surface area contributed by atoms with Gasteiger partial charge in [-0.1, -0.05) is 65.7 Å². The number of hydrogen-bond donors (Lipinski definition) is 1. The molecule has 0 radical (unpaired) electrons. The minimum Gasteiger partial charge on any atom is -0.266 e. The smallest absolute Gasteiger partial charge is 0.266 e. The zero-order chi connectivity index (χ0) is 17.6. The molecule has 0 atom stereocenters. The molecule has 6 heteroatoms. The van der Waals surface area contributed by atoms with Crippen molar-refractivity contribution < 1.29 is 4.79 Å². The van der Waals surface area contributed by atoms with Crippen LogP contribution in [0.25, 0.3) is 0 Å². The highest BCUT2D eigenvalue weighted by molar-refractivity contribution is 6.42. The molecule has 3 aromatic rings.